The number of carbonyl (C=O) groups excluding carboxylic acids is 1. The Morgan fingerprint density at radius 1 is 1.22 bits per heavy atom. The van der Waals surface area contributed by atoms with E-state index < -0.39 is 17.3 Å². The molecule has 1 aromatic carbocycles. The number of nitrogens with zero attached hydrogens (tertiary/aromatic N) is 3. The monoisotopic (exact) mass is 243 g/mol. The molecule has 0 saturated carbocycles. The predicted molar refractivity (Wildman–Crippen MR) is 64.2 cm³/mol. The van der Waals surface area contributed by atoms with E-state index in [4.69, 9.17) is 5.11 Å². The van der Waals surface area contributed by atoms with Crippen LogP contribution in [-0.4, -0.2) is 28.6 Å². The molecule has 1 atom stereocenters. The van der Waals surface area contributed by atoms with Crippen LogP contribution in [0, 0.1) is 0 Å². The average molecular weight is 243 g/mol. The van der Waals surface area contributed by atoms with Gasteiger partial charge in [0.25, 0.3) is 5.54 Å². The second-order valence-corrected chi connectivity index (χ2v) is 3.61. The molecule has 0 aliphatic carbocycles. The van der Waals surface area contributed by atoms with Gasteiger partial charge in [0.1, 0.15) is 0 Å². The Bertz CT molecular complexity index is 549. The Hall–Kier alpha value is -2.63. The number of hydrogen-bond donors (Lipinski definition) is 1. The van der Waals surface area contributed by atoms with E-state index in [0.29, 0.717) is 0 Å². The maximum Gasteiger partial charge on any atom is 0.347 e. The van der Waals surface area contributed by atoms with E-state index in [1.807, 2.05) is 18.2 Å². The first kappa shape index (κ1) is 11.8. The molecule has 6 heteroatoms. The van der Waals surface area contributed by atoms with Gasteiger partial charge in [-0.3, -0.25) is 4.79 Å². The van der Waals surface area contributed by atoms with Crippen LogP contribution in [0.25, 0.3) is 6.08 Å². The quantitative estimate of drug-likeness (QED) is 0.642. The van der Waals surface area contributed by atoms with Crippen LogP contribution in [0.4, 0.5) is 0 Å². The van der Waals surface area contributed by atoms with Crippen molar-refractivity contribution in [2.45, 2.75) is 5.54 Å². The van der Waals surface area contributed by atoms with Crippen LogP contribution in [0.2, 0.25) is 0 Å². The lowest BCUT2D eigenvalue weighted by molar-refractivity contribution is -0.143. The molecular formula is C12H9N3O3. The van der Waals surface area contributed by atoms with Crippen LogP contribution in [0.5, 0.6) is 0 Å². The molecule has 0 bridgehead atoms. The first-order valence-electron chi connectivity index (χ1n) is 5.12. The molecule has 1 heterocycles. The van der Waals surface area contributed by atoms with Crippen molar-refractivity contribution in [2.24, 2.45) is 15.4 Å². The van der Waals surface area contributed by atoms with Gasteiger partial charge in [-0.05, 0) is 16.9 Å². The molecule has 1 aliphatic rings. The zero-order valence-electron chi connectivity index (χ0n) is 9.22. The van der Waals surface area contributed by atoms with Gasteiger partial charge in [0.05, 0.1) is 6.21 Å². The molecule has 0 aromatic heterocycles. The van der Waals surface area contributed by atoms with Gasteiger partial charge in [-0.25, -0.2) is 4.79 Å². The second-order valence-electron chi connectivity index (χ2n) is 3.61. The highest BCUT2D eigenvalue weighted by Gasteiger charge is 2.46. The maximum atomic E-state index is 11.9. The molecule has 90 valence electrons. The van der Waals surface area contributed by atoms with Gasteiger partial charge in [0, 0.05) is 0 Å². The number of ketones is 1. The molecule has 6 nitrogen and oxygen atoms in total. The van der Waals surface area contributed by atoms with Crippen molar-refractivity contribution in [2.75, 3.05) is 0 Å². The Morgan fingerprint density at radius 2 is 1.94 bits per heavy atom. The van der Waals surface area contributed by atoms with Crippen LogP contribution in [0.1, 0.15) is 5.56 Å². The van der Waals surface area contributed by atoms with E-state index in [9.17, 15) is 9.59 Å². The predicted octanol–water partition coefficient (Wildman–Crippen LogP) is 1.54. The highest BCUT2D eigenvalue weighted by Crippen LogP contribution is 2.18. The molecule has 1 aliphatic heterocycles. The van der Waals surface area contributed by atoms with Crippen LogP contribution < -0.4 is 0 Å². The largest absolute Gasteiger partial charge is 0.479 e. The van der Waals surface area contributed by atoms with E-state index in [2.05, 4.69) is 15.4 Å². The summed E-state index contributed by atoms with van der Waals surface area (Å²) < 4.78 is 0. The fourth-order valence-electron chi connectivity index (χ4n) is 1.41. The lowest BCUT2D eigenvalue weighted by Crippen LogP contribution is -2.44. The van der Waals surface area contributed by atoms with Crippen molar-refractivity contribution in [3.05, 3.63) is 42.0 Å². The van der Waals surface area contributed by atoms with Crippen LogP contribution in [0.15, 0.2) is 51.8 Å². The minimum Gasteiger partial charge on any atom is -0.479 e. The van der Waals surface area contributed by atoms with Crippen molar-refractivity contribution in [3.63, 3.8) is 0 Å². The topological polar surface area (TPSA) is 91.4 Å². The summed E-state index contributed by atoms with van der Waals surface area (Å²) >= 11 is 0. The number of carboxylic acids is 1. The highest BCUT2D eigenvalue weighted by molar-refractivity contribution is 6.26. The summed E-state index contributed by atoms with van der Waals surface area (Å²) in [6.07, 6.45) is 3.61. The zero-order valence-corrected chi connectivity index (χ0v) is 9.22. The summed E-state index contributed by atoms with van der Waals surface area (Å²) in [4.78, 5) is 22.9. The van der Waals surface area contributed by atoms with E-state index >= 15 is 0 Å². The molecule has 2 rings (SSSR count). The first-order chi connectivity index (χ1) is 8.65. The van der Waals surface area contributed by atoms with Crippen molar-refractivity contribution in [3.8, 4) is 0 Å². The summed E-state index contributed by atoms with van der Waals surface area (Å²) in [7, 11) is 0. The SMILES string of the molecule is O=C(O)C1(C(=O)C=Cc2ccccc2)C=NN=N1. The van der Waals surface area contributed by atoms with E-state index in [1.54, 1.807) is 12.1 Å². The number of carboxylic acid groups (broad SMARTS) is 1. The van der Waals surface area contributed by atoms with Crippen molar-refractivity contribution in [1.82, 2.24) is 0 Å². The van der Waals surface area contributed by atoms with Crippen LogP contribution >= 0.6 is 0 Å². The summed E-state index contributed by atoms with van der Waals surface area (Å²) in [5.41, 5.74) is -1.22. The Morgan fingerprint density at radius 3 is 2.50 bits per heavy atom. The maximum absolute atomic E-state index is 11.9. The zero-order chi connectivity index (χ0) is 13.0. The number of aliphatic carboxylic acids is 1. The molecule has 1 unspecified atom stereocenters. The standard InChI is InChI=1S/C12H9N3O3/c16-10(7-6-9-4-2-1-3-5-9)12(11(17)18)8-13-15-14-12/h1-8H,(H,17,18). The second kappa shape index (κ2) is 4.70. The third-order valence-electron chi connectivity index (χ3n) is 2.43. The van der Waals surface area contributed by atoms with Gasteiger partial charge >= 0.3 is 5.97 Å². The third-order valence-corrected chi connectivity index (χ3v) is 2.43. The average Bonchev–Trinajstić information content (AvgIpc) is 2.88. The Labute approximate surface area is 102 Å². The summed E-state index contributed by atoms with van der Waals surface area (Å²) in [5, 5.41) is 18.9. The summed E-state index contributed by atoms with van der Waals surface area (Å²) in [6.45, 7) is 0. The van der Waals surface area contributed by atoms with Crippen molar-refractivity contribution in [1.29, 1.82) is 0 Å². The first-order valence-corrected chi connectivity index (χ1v) is 5.12. The van der Waals surface area contributed by atoms with Gasteiger partial charge < -0.3 is 5.11 Å². The minimum atomic E-state index is -2.01. The minimum absolute atomic E-state index is 0.691. The number of carbonyl (C=O) groups is 2. The third kappa shape index (κ3) is 2.08. The van der Waals surface area contributed by atoms with Crippen molar-refractivity contribution >= 4 is 24.0 Å². The molecule has 18 heavy (non-hydrogen) atoms. The van der Waals surface area contributed by atoms with E-state index in [1.165, 1.54) is 12.2 Å². The molecular weight excluding hydrogens is 234 g/mol. The molecule has 0 radical (unpaired) electrons. The highest BCUT2D eigenvalue weighted by atomic mass is 16.4. The molecule has 1 N–H and O–H groups in total. The van der Waals surface area contributed by atoms with Crippen molar-refractivity contribution < 1.29 is 14.7 Å². The van der Waals surface area contributed by atoms with Gasteiger partial charge in [0.15, 0.2) is 0 Å². The Balaban J connectivity index is 2.22. The summed E-state index contributed by atoms with van der Waals surface area (Å²) in [5.74, 6) is -2.08. The van der Waals surface area contributed by atoms with E-state index in [-0.39, 0.29) is 0 Å². The Kier molecular flexibility index (Phi) is 3.09. The summed E-state index contributed by atoms with van der Waals surface area (Å²) in [6, 6.07) is 9.06. The molecule has 1 aromatic rings. The molecule has 0 spiro atoms. The lowest BCUT2D eigenvalue weighted by Gasteiger charge is -2.10. The molecule has 0 amide bonds. The van der Waals surface area contributed by atoms with Gasteiger partial charge in [-0.1, -0.05) is 36.4 Å². The fraction of sp³-hybridized carbons (Fsp3) is 0.0833. The van der Waals surface area contributed by atoms with E-state index in [0.717, 1.165) is 11.8 Å². The smallest absolute Gasteiger partial charge is 0.347 e. The number of rotatable bonds is 4. The lowest BCUT2D eigenvalue weighted by atomic mass is 9.96. The van der Waals surface area contributed by atoms with Crippen LogP contribution in [0.3, 0.4) is 0 Å². The number of benzene rings is 1. The van der Waals surface area contributed by atoms with Gasteiger partial charge in [-0.2, -0.15) is 0 Å². The van der Waals surface area contributed by atoms with Crippen LogP contribution in [-0.2, 0) is 9.59 Å². The fourth-order valence-corrected chi connectivity index (χ4v) is 1.41. The molecule has 0 saturated heterocycles. The number of hydrogen-bond acceptors (Lipinski definition) is 5. The van der Waals surface area contributed by atoms with Gasteiger partial charge in [0.2, 0.25) is 5.78 Å². The normalized spacial score (nSPS) is 21.6. The molecule has 0 fully saturated rings. The van der Waals surface area contributed by atoms with Gasteiger partial charge in [-0.15, -0.1) is 10.2 Å².